The molecule has 0 unspecified atom stereocenters. The lowest BCUT2D eigenvalue weighted by molar-refractivity contribution is 0.267. The van der Waals surface area contributed by atoms with Gasteiger partial charge in [0.1, 0.15) is 5.58 Å². The number of hydrogen-bond acceptors (Lipinski definition) is 3. The Balaban J connectivity index is 2.35. The van der Waals surface area contributed by atoms with E-state index in [1.807, 2.05) is 24.3 Å². The van der Waals surface area contributed by atoms with E-state index < -0.39 is 0 Å². The van der Waals surface area contributed by atoms with Crippen LogP contribution < -0.4 is 5.63 Å². The minimum absolute atomic E-state index is 0.262. The van der Waals surface area contributed by atoms with E-state index in [1.54, 1.807) is 6.07 Å². The van der Waals surface area contributed by atoms with Gasteiger partial charge in [0.05, 0.1) is 0 Å². The SMILES string of the molecule is CCCN(CCC)Cc1cc(=O)oc2ccccc12. The lowest BCUT2D eigenvalue weighted by atomic mass is 10.1. The summed E-state index contributed by atoms with van der Waals surface area (Å²) in [4.78, 5) is 14.0. The van der Waals surface area contributed by atoms with E-state index >= 15 is 0 Å². The molecule has 102 valence electrons. The van der Waals surface area contributed by atoms with Gasteiger partial charge < -0.3 is 4.42 Å². The first-order valence-corrected chi connectivity index (χ1v) is 6.98. The molecule has 0 aliphatic rings. The van der Waals surface area contributed by atoms with Gasteiger partial charge in [0.25, 0.3) is 0 Å². The second kappa shape index (κ2) is 6.53. The summed E-state index contributed by atoms with van der Waals surface area (Å²) in [6.45, 7) is 7.29. The van der Waals surface area contributed by atoms with Crippen molar-refractivity contribution in [2.75, 3.05) is 13.1 Å². The van der Waals surface area contributed by atoms with Gasteiger partial charge in [0, 0.05) is 18.0 Å². The van der Waals surface area contributed by atoms with Crippen molar-refractivity contribution in [1.82, 2.24) is 4.90 Å². The molecule has 0 amide bonds. The summed E-state index contributed by atoms with van der Waals surface area (Å²) < 4.78 is 5.23. The zero-order valence-electron chi connectivity index (χ0n) is 11.7. The van der Waals surface area contributed by atoms with E-state index in [0.717, 1.165) is 43.4 Å². The van der Waals surface area contributed by atoms with Gasteiger partial charge in [-0.1, -0.05) is 32.0 Å². The van der Waals surface area contributed by atoms with Crippen LogP contribution in [-0.2, 0) is 6.54 Å². The van der Waals surface area contributed by atoms with Crippen molar-refractivity contribution in [1.29, 1.82) is 0 Å². The third-order valence-electron chi connectivity index (χ3n) is 3.21. The van der Waals surface area contributed by atoms with Gasteiger partial charge in [-0.3, -0.25) is 4.90 Å². The molecule has 0 saturated heterocycles. The zero-order chi connectivity index (χ0) is 13.7. The van der Waals surface area contributed by atoms with Gasteiger partial charge in [-0.15, -0.1) is 0 Å². The maximum absolute atomic E-state index is 11.6. The van der Waals surface area contributed by atoms with Crippen molar-refractivity contribution in [2.24, 2.45) is 0 Å². The standard InChI is InChI=1S/C16H21NO2/c1-3-9-17(10-4-2)12-13-11-16(18)19-15-8-6-5-7-14(13)15/h5-8,11H,3-4,9-10,12H2,1-2H3. The molecule has 0 radical (unpaired) electrons. The molecule has 0 aliphatic heterocycles. The minimum Gasteiger partial charge on any atom is -0.423 e. The zero-order valence-corrected chi connectivity index (χ0v) is 11.7. The van der Waals surface area contributed by atoms with Gasteiger partial charge in [0.2, 0.25) is 0 Å². The molecule has 1 aromatic heterocycles. The fourth-order valence-corrected chi connectivity index (χ4v) is 2.45. The van der Waals surface area contributed by atoms with Crippen LogP contribution in [0.3, 0.4) is 0 Å². The second-order valence-electron chi connectivity index (χ2n) is 4.86. The smallest absolute Gasteiger partial charge is 0.336 e. The summed E-state index contributed by atoms with van der Waals surface area (Å²) in [7, 11) is 0. The Kier molecular flexibility index (Phi) is 4.74. The minimum atomic E-state index is -0.262. The predicted molar refractivity (Wildman–Crippen MR) is 78.3 cm³/mol. The fourth-order valence-electron chi connectivity index (χ4n) is 2.45. The Morgan fingerprint density at radius 2 is 1.79 bits per heavy atom. The van der Waals surface area contributed by atoms with Crippen LogP contribution in [0.2, 0.25) is 0 Å². The Morgan fingerprint density at radius 3 is 2.47 bits per heavy atom. The van der Waals surface area contributed by atoms with Gasteiger partial charge in [-0.25, -0.2) is 4.79 Å². The normalized spacial score (nSPS) is 11.3. The van der Waals surface area contributed by atoms with Gasteiger partial charge in [0.15, 0.2) is 0 Å². The van der Waals surface area contributed by atoms with Crippen LogP contribution in [0.25, 0.3) is 11.0 Å². The molecule has 0 atom stereocenters. The maximum atomic E-state index is 11.6. The first-order valence-electron chi connectivity index (χ1n) is 6.98. The molecule has 3 heteroatoms. The Bertz CT molecular complexity index is 583. The summed E-state index contributed by atoms with van der Waals surface area (Å²) in [5.74, 6) is 0. The molecule has 0 aliphatic carbocycles. The highest BCUT2D eigenvalue weighted by molar-refractivity contribution is 5.79. The van der Waals surface area contributed by atoms with E-state index in [4.69, 9.17) is 4.42 Å². The number of fused-ring (bicyclic) bond motifs is 1. The summed E-state index contributed by atoms with van der Waals surface area (Å²) in [5.41, 5.74) is 1.48. The lowest BCUT2D eigenvalue weighted by Crippen LogP contribution is -2.25. The second-order valence-corrected chi connectivity index (χ2v) is 4.86. The molecule has 2 aromatic rings. The molecular weight excluding hydrogens is 238 g/mol. The van der Waals surface area contributed by atoms with Crippen molar-refractivity contribution in [3.63, 3.8) is 0 Å². The predicted octanol–water partition coefficient (Wildman–Crippen LogP) is 3.42. The Hall–Kier alpha value is -1.61. The molecule has 0 saturated carbocycles. The highest BCUT2D eigenvalue weighted by Crippen LogP contribution is 2.18. The van der Waals surface area contributed by atoms with Gasteiger partial charge in [-0.2, -0.15) is 0 Å². The van der Waals surface area contributed by atoms with Gasteiger partial charge in [-0.05, 0) is 37.6 Å². The van der Waals surface area contributed by atoms with Crippen LogP contribution in [-0.4, -0.2) is 18.0 Å². The van der Waals surface area contributed by atoms with E-state index in [-0.39, 0.29) is 5.63 Å². The molecule has 1 heterocycles. The molecule has 0 spiro atoms. The summed E-state index contributed by atoms with van der Waals surface area (Å²) >= 11 is 0. The van der Waals surface area contributed by atoms with Crippen molar-refractivity contribution in [3.05, 3.63) is 46.3 Å². The quantitative estimate of drug-likeness (QED) is 0.745. The van der Waals surface area contributed by atoms with E-state index in [0.29, 0.717) is 5.58 Å². The average Bonchev–Trinajstić information content (AvgIpc) is 2.39. The third kappa shape index (κ3) is 3.44. The number of para-hydroxylation sites is 1. The van der Waals surface area contributed by atoms with Crippen LogP contribution in [0.1, 0.15) is 32.3 Å². The maximum Gasteiger partial charge on any atom is 0.336 e. The molecule has 19 heavy (non-hydrogen) atoms. The molecule has 0 bridgehead atoms. The topological polar surface area (TPSA) is 33.5 Å². The summed E-state index contributed by atoms with van der Waals surface area (Å²) in [6, 6.07) is 9.37. The molecule has 2 rings (SSSR count). The Labute approximate surface area is 113 Å². The molecular formula is C16H21NO2. The van der Waals surface area contributed by atoms with Crippen LogP contribution in [0, 0.1) is 0 Å². The average molecular weight is 259 g/mol. The number of hydrogen-bond donors (Lipinski definition) is 0. The first-order chi connectivity index (χ1) is 9.24. The third-order valence-corrected chi connectivity index (χ3v) is 3.21. The number of benzene rings is 1. The highest BCUT2D eigenvalue weighted by Gasteiger charge is 2.09. The number of rotatable bonds is 6. The number of nitrogens with zero attached hydrogens (tertiary/aromatic N) is 1. The fraction of sp³-hybridized carbons (Fsp3) is 0.438. The molecule has 3 nitrogen and oxygen atoms in total. The molecule has 0 N–H and O–H groups in total. The molecule has 0 fully saturated rings. The summed E-state index contributed by atoms with van der Waals surface area (Å²) in [5, 5.41) is 1.04. The van der Waals surface area contributed by atoms with Crippen LogP contribution in [0.4, 0.5) is 0 Å². The van der Waals surface area contributed by atoms with Crippen molar-refractivity contribution < 1.29 is 4.42 Å². The van der Waals surface area contributed by atoms with Crippen molar-refractivity contribution in [2.45, 2.75) is 33.2 Å². The van der Waals surface area contributed by atoms with Crippen molar-refractivity contribution >= 4 is 11.0 Å². The monoisotopic (exact) mass is 259 g/mol. The van der Waals surface area contributed by atoms with Crippen LogP contribution in [0.5, 0.6) is 0 Å². The van der Waals surface area contributed by atoms with Crippen LogP contribution >= 0.6 is 0 Å². The van der Waals surface area contributed by atoms with Gasteiger partial charge >= 0.3 is 5.63 Å². The van der Waals surface area contributed by atoms with Crippen LogP contribution in [0.15, 0.2) is 39.5 Å². The van der Waals surface area contributed by atoms with E-state index in [2.05, 4.69) is 18.7 Å². The van der Waals surface area contributed by atoms with E-state index in [1.165, 1.54) is 0 Å². The Morgan fingerprint density at radius 1 is 1.11 bits per heavy atom. The van der Waals surface area contributed by atoms with Crippen molar-refractivity contribution in [3.8, 4) is 0 Å². The largest absolute Gasteiger partial charge is 0.423 e. The lowest BCUT2D eigenvalue weighted by Gasteiger charge is -2.21. The first kappa shape index (κ1) is 13.8. The summed E-state index contributed by atoms with van der Waals surface area (Å²) in [6.07, 6.45) is 2.25. The van der Waals surface area contributed by atoms with E-state index in [9.17, 15) is 4.79 Å². The molecule has 1 aromatic carbocycles. The highest BCUT2D eigenvalue weighted by atomic mass is 16.4.